The molecule has 2 atom stereocenters. The van der Waals surface area contributed by atoms with Crippen molar-refractivity contribution in [1.82, 2.24) is 0 Å². The lowest BCUT2D eigenvalue weighted by Gasteiger charge is -2.16. The van der Waals surface area contributed by atoms with Gasteiger partial charge in [0.15, 0.2) is 12.6 Å². The van der Waals surface area contributed by atoms with E-state index in [-0.39, 0.29) is 9.93 Å². The van der Waals surface area contributed by atoms with E-state index in [1.165, 1.54) is 0 Å². The predicted octanol–water partition coefficient (Wildman–Crippen LogP) is 2.82. The summed E-state index contributed by atoms with van der Waals surface area (Å²) >= 11 is 16.5. The molecule has 0 spiro atoms. The van der Waals surface area contributed by atoms with Crippen molar-refractivity contribution in [2.45, 2.75) is 9.83 Å². The maximum absolute atomic E-state index is 12.1. The zero-order valence-electron chi connectivity index (χ0n) is 10.1. The molecule has 1 saturated heterocycles. The fourth-order valence-electron chi connectivity index (χ4n) is 1.90. The molecule has 8 heteroatoms. The van der Waals surface area contributed by atoms with Crippen LogP contribution in [0.15, 0.2) is 30.3 Å². The molecule has 0 N–H and O–H groups in total. The minimum atomic E-state index is -3.83. The van der Waals surface area contributed by atoms with Gasteiger partial charge in [-0.05, 0) is 0 Å². The number of halogens is 3. The second-order valence-corrected chi connectivity index (χ2v) is 9.03. The summed E-state index contributed by atoms with van der Waals surface area (Å²) in [6, 6.07) is 9.25. The first kappa shape index (κ1) is 15.4. The van der Waals surface area contributed by atoms with Gasteiger partial charge < -0.3 is 0 Å². The number of benzene rings is 1. The molecular formula is C11H13Cl3NO3S+. The summed E-state index contributed by atoms with van der Waals surface area (Å²) in [5.74, 6) is 0. The Hall–Kier alpha value is -0.0400. The topological polar surface area (TPSA) is 43.4 Å². The van der Waals surface area contributed by atoms with Gasteiger partial charge in [-0.2, -0.15) is 3.89 Å². The average Bonchev–Trinajstić information content (AvgIpc) is 3.02. The summed E-state index contributed by atoms with van der Waals surface area (Å²) < 4.78 is 27.1. The van der Waals surface area contributed by atoms with Gasteiger partial charge in [-0.3, -0.25) is 0 Å². The van der Waals surface area contributed by atoms with Crippen molar-refractivity contribution in [2.24, 2.45) is 0 Å². The predicted molar refractivity (Wildman–Crippen MR) is 75.4 cm³/mol. The van der Waals surface area contributed by atoms with Gasteiger partial charge in [0, 0.05) is 5.56 Å². The van der Waals surface area contributed by atoms with Gasteiger partial charge >= 0.3 is 10.3 Å². The highest BCUT2D eigenvalue weighted by atomic mass is 35.6. The summed E-state index contributed by atoms with van der Waals surface area (Å²) in [4.78, 5) is 0. The minimum absolute atomic E-state index is 0.137. The lowest BCUT2D eigenvalue weighted by molar-refractivity contribution is -0.661. The minimum Gasteiger partial charge on any atom is -0.222 e. The fraction of sp³-hybridized carbons (Fsp3) is 0.455. The number of rotatable bonds is 4. The molecule has 1 aliphatic rings. The van der Waals surface area contributed by atoms with Crippen molar-refractivity contribution >= 4 is 45.1 Å². The van der Waals surface area contributed by atoms with E-state index < -0.39 is 20.7 Å². The second-order valence-electron chi connectivity index (χ2n) is 4.59. The quantitative estimate of drug-likeness (QED) is 0.479. The summed E-state index contributed by atoms with van der Waals surface area (Å²) in [6.07, 6.45) is 0. The van der Waals surface area contributed by atoms with Crippen LogP contribution in [0.5, 0.6) is 0 Å². The summed E-state index contributed by atoms with van der Waals surface area (Å²) in [5, 5.41) is 0. The van der Waals surface area contributed by atoms with Crippen LogP contribution in [-0.2, 0) is 14.5 Å². The van der Waals surface area contributed by atoms with Crippen molar-refractivity contribution < 1.29 is 16.5 Å². The van der Waals surface area contributed by atoms with Crippen LogP contribution in [0.2, 0.25) is 0 Å². The molecule has 4 nitrogen and oxygen atoms in total. The molecule has 1 fully saturated rings. The van der Waals surface area contributed by atoms with E-state index in [2.05, 4.69) is 0 Å². The molecular weight excluding hydrogens is 333 g/mol. The van der Waals surface area contributed by atoms with Gasteiger partial charge in [0.25, 0.3) is 0 Å². The maximum atomic E-state index is 12.1. The molecule has 0 bridgehead atoms. The van der Waals surface area contributed by atoms with Gasteiger partial charge in [0.2, 0.25) is 3.79 Å². The SMILES string of the molecule is C[N+]1(S(=O)(=O)OCC(Cl)(Cl)Cl)CC1c1ccccc1. The Labute approximate surface area is 127 Å². The molecule has 19 heavy (non-hydrogen) atoms. The third-order valence-corrected chi connectivity index (χ3v) is 5.30. The largest absolute Gasteiger partial charge is 0.436 e. The molecule has 1 heterocycles. The van der Waals surface area contributed by atoms with Crippen molar-refractivity contribution in [3.05, 3.63) is 35.9 Å². The highest BCUT2D eigenvalue weighted by molar-refractivity contribution is 7.81. The molecule has 0 radical (unpaired) electrons. The Bertz CT molecular complexity index is 558. The third-order valence-electron chi connectivity index (χ3n) is 3.13. The van der Waals surface area contributed by atoms with E-state index >= 15 is 0 Å². The smallest absolute Gasteiger partial charge is 0.222 e. The Morgan fingerprint density at radius 1 is 1.32 bits per heavy atom. The lowest BCUT2D eigenvalue weighted by atomic mass is 10.2. The number of hydrogen-bond donors (Lipinski definition) is 0. The number of hydrogen-bond acceptors (Lipinski definition) is 3. The molecule has 0 amide bonds. The van der Waals surface area contributed by atoms with Crippen LogP contribution in [0.3, 0.4) is 0 Å². The number of nitrogens with zero attached hydrogens (tertiary/aromatic N) is 1. The fourth-order valence-corrected chi connectivity index (χ4v) is 3.58. The first-order valence-corrected chi connectivity index (χ1v) is 8.02. The third kappa shape index (κ3) is 3.35. The summed E-state index contributed by atoms with van der Waals surface area (Å²) in [6.45, 7) is -0.0401. The molecule has 0 aromatic heterocycles. The van der Waals surface area contributed by atoms with Crippen LogP contribution in [0.25, 0.3) is 0 Å². The molecule has 1 aromatic rings. The normalized spacial score (nSPS) is 27.3. The first-order chi connectivity index (χ1) is 8.66. The van der Waals surface area contributed by atoms with Gasteiger partial charge in [0.05, 0.1) is 7.05 Å². The van der Waals surface area contributed by atoms with Gasteiger partial charge in [-0.25, -0.2) is 4.18 Å². The van der Waals surface area contributed by atoms with E-state index in [0.29, 0.717) is 6.54 Å². The van der Waals surface area contributed by atoms with Crippen molar-refractivity contribution in [3.63, 3.8) is 0 Å². The molecule has 0 saturated carbocycles. The molecule has 1 aliphatic heterocycles. The van der Waals surface area contributed by atoms with Gasteiger partial charge in [0.1, 0.15) is 6.61 Å². The van der Waals surface area contributed by atoms with Gasteiger partial charge in [-0.1, -0.05) is 65.1 Å². The molecule has 0 aliphatic carbocycles. The van der Waals surface area contributed by atoms with Crippen LogP contribution in [0.1, 0.15) is 11.6 Å². The van der Waals surface area contributed by atoms with Crippen LogP contribution in [0.4, 0.5) is 0 Å². The zero-order chi connectivity index (χ0) is 14.3. The molecule has 2 rings (SSSR count). The summed E-state index contributed by atoms with van der Waals surface area (Å²) in [7, 11) is -2.24. The number of alkyl halides is 3. The molecule has 1 aromatic carbocycles. The number of quaternary nitrogens is 1. The van der Waals surface area contributed by atoms with Crippen LogP contribution in [0, 0.1) is 0 Å². The molecule has 2 unspecified atom stereocenters. The van der Waals surface area contributed by atoms with Crippen LogP contribution in [-0.4, -0.2) is 36.3 Å². The van der Waals surface area contributed by atoms with Crippen molar-refractivity contribution in [3.8, 4) is 0 Å². The van der Waals surface area contributed by atoms with E-state index in [0.717, 1.165) is 5.56 Å². The van der Waals surface area contributed by atoms with Crippen molar-refractivity contribution in [1.29, 1.82) is 0 Å². The van der Waals surface area contributed by atoms with Crippen LogP contribution >= 0.6 is 34.8 Å². The monoisotopic (exact) mass is 344 g/mol. The Morgan fingerprint density at radius 3 is 2.42 bits per heavy atom. The van der Waals surface area contributed by atoms with E-state index in [1.54, 1.807) is 7.05 Å². The lowest BCUT2D eigenvalue weighted by Crippen LogP contribution is -2.34. The van der Waals surface area contributed by atoms with Crippen molar-refractivity contribution in [2.75, 3.05) is 20.2 Å². The van der Waals surface area contributed by atoms with Gasteiger partial charge in [-0.15, -0.1) is 8.42 Å². The Balaban J connectivity index is 2.11. The average molecular weight is 346 g/mol. The van der Waals surface area contributed by atoms with E-state index in [4.69, 9.17) is 39.0 Å². The summed E-state index contributed by atoms with van der Waals surface area (Å²) in [5.41, 5.74) is 0.950. The Kier molecular flexibility index (Phi) is 4.09. The second kappa shape index (κ2) is 5.06. The Morgan fingerprint density at radius 2 is 1.89 bits per heavy atom. The standard InChI is InChI=1S/C11H13Cl3NO3S/c1-15(19(16,17)18-8-11(12,13)14)7-10(15)9-5-3-2-4-6-9/h2-6,10H,7-8H2,1H3/q+1. The zero-order valence-corrected chi connectivity index (χ0v) is 13.2. The maximum Gasteiger partial charge on any atom is 0.436 e. The number of likely N-dealkylation sites (N-methyl/N-ethyl adjacent to an activating group) is 1. The highest BCUT2D eigenvalue weighted by Crippen LogP contribution is 2.46. The van der Waals surface area contributed by atoms with E-state index in [9.17, 15) is 8.42 Å². The highest BCUT2D eigenvalue weighted by Gasteiger charge is 2.63. The van der Waals surface area contributed by atoms with E-state index in [1.807, 2.05) is 30.3 Å². The first-order valence-electron chi connectivity index (χ1n) is 5.52. The van der Waals surface area contributed by atoms with Crippen LogP contribution < -0.4 is 0 Å². The molecule has 106 valence electrons.